The lowest BCUT2D eigenvalue weighted by atomic mass is 10.3. The molecule has 0 unspecified atom stereocenters. The molecule has 2 aromatic rings. The van der Waals surface area contributed by atoms with Gasteiger partial charge in [-0.1, -0.05) is 6.07 Å². The fourth-order valence-corrected chi connectivity index (χ4v) is 2.88. The maximum Gasteiger partial charge on any atom is 0.274 e. The Kier molecular flexibility index (Phi) is 3.02. The van der Waals surface area contributed by atoms with Crippen molar-refractivity contribution in [2.24, 2.45) is 7.05 Å². The third-order valence-corrected chi connectivity index (χ3v) is 4.19. The summed E-state index contributed by atoms with van der Waals surface area (Å²) in [4.78, 5) is 15.8. The smallest absolute Gasteiger partial charge is 0.274 e. The Labute approximate surface area is 115 Å². The molecule has 0 aromatic carbocycles. The van der Waals surface area contributed by atoms with E-state index in [0.717, 1.165) is 12.8 Å². The van der Waals surface area contributed by atoms with E-state index in [0.29, 0.717) is 24.0 Å². The highest BCUT2D eigenvalue weighted by Crippen LogP contribution is 2.31. The maximum atomic E-state index is 12.6. The number of amides is 1. The van der Waals surface area contributed by atoms with Crippen LogP contribution < -0.4 is 5.73 Å². The van der Waals surface area contributed by atoms with Crippen molar-refractivity contribution in [2.45, 2.75) is 25.4 Å². The number of aryl methyl sites for hydroxylation is 1. The molecule has 19 heavy (non-hydrogen) atoms. The molecule has 2 heterocycles. The topological polar surface area (TPSA) is 64.2 Å². The van der Waals surface area contributed by atoms with Gasteiger partial charge in [-0.05, 0) is 24.3 Å². The first-order valence-electron chi connectivity index (χ1n) is 6.27. The number of carbonyl (C=O) groups excluding carboxylic acids is 1. The molecule has 1 aliphatic rings. The zero-order valence-electron chi connectivity index (χ0n) is 10.7. The maximum absolute atomic E-state index is 12.6. The van der Waals surface area contributed by atoms with Crippen molar-refractivity contribution in [3.8, 4) is 0 Å². The average Bonchev–Trinajstić information content (AvgIpc) is 2.99. The minimum atomic E-state index is -0.0200. The summed E-state index contributed by atoms with van der Waals surface area (Å²) in [6.45, 7) is 0.659. The van der Waals surface area contributed by atoms with Crippen LogP contribution in [-0.4, -0.2) is 26.6 Å². The molecule has 2 N–H and O–H groups in total. The van der Waals surface area contributed by atoms with Gasteiger partial charge in [0.05, 0.1) is 18.4 Å². The number of thiophene rings is 1. The van der Waals surface area contributed by atoms with E-state index in [4.69, 9.17) is 5.73 Å². The summed E-state index contributed by atoms with van der Waals surface area (Å²) in [5.41, 5.74) is 6.78. The van der Waals surface area contributed by atoms with E-state index in [9.17, 15) is 4.79 Å². The molecule has 6 heteroatoms. The molecule has 1 saturated carbocycles. The molecular weight excluding hydrogens is 260 g/mol. The Bertz CT molecular complexity index is 566. The second-order valence-electron chi connectivity index (χ2n) is 4.82. The minimum absolute atomic E-state index is 0.0200. The Morgan fingerprint density at radius 1 is 1.63 bits per heavy atom. The van der Waals surface area contributed by atoms with Gasteiger partial charge in [0, 0.05) is 18.0 Å². The van der Waals surface area contributed by atoms with Crippen molar-refractivity contribution in [3.05, 3.63) is 34.3 Å². The molecule has 1 fully saturated rings. The third kappa shape index (κ3) is 2.35. The number of hydrogen-bond acceptors (Lipinski definition) is 4. The van der Waals surface area contributed by atoms with E-state index in [1.165, 1.54) is 11.1 Å². The molecule has 0 aliphatic heterocycles. The van der Waals surface area contributed by atoms with Gasteiger partial charge in [-0.3, -0.25) is 9.48 Å². The summed E-state index contributed by atoms with van der Waals surface area (Å²) in [6.07, 6.45) is 3.69. The summed E-state index contributed by atoms with van der Waals surface area (Å²) in [5.74, 6) is -0.0200. The molecule has 1 amide bonds. The van der Waals surface area contributed by atoms with Crippen LogP contribution in [0, 0.1) is 0 Å². The molecule has 0 atom stereocenters. The van der Waals surface area contributed by atoms with Crippen LogP contribution in [-0.2, 0) is 13.6 Å². The number of carbonyl (C=O) groups is 1. The van der Waals surface area contributed by atoms with Gasteiger partial charge in [0.1, 0.15) is 5.69 Å². The average molecular weight is 276 g/mol. The highest BCUT2D eigenvalue weighted by molar-refractivity contribution is 7.09. The predicted molar refractivity (Wildman–Crippen MR) is 74.8 cm³/mol. The number of rotatable bonds is 4. The second kappa shape index (κ2) is 4.70. The van der Waals surface area contributed by atoms with Gasteiger partial charge in [-0.25, -0.2) is 0 Å². The van der Waals surface area contributed by atoms with Crippen LogP contribution >= 0.6 is 11.3 Å². The Morgan fingerprint density at radius 3 is 2.95 bits per heavy atom. The van der Waals surface area contributed by atoms with Crippen molar-refractivity contribution in [1.29, 1.82) is 0 Å². The molecule has 0 saturated heterocycles. The van der Waals surface area contributed by atoms with Crippen molar-refractivity contribution in [2.75, 3.05) is 5.73 Å². The highest BCUT2D eigenvalue weighted by Gasteiger charge is 2.35. The number of nitrogens with zero attached hydrogens (tertiary/aromatic N) is 3. The quantitative estimate of drug-likeness (QED) is 0.927. The van der Waals surface area contributed by atoms with E-state index < -0.39 is 0 Å². The fraction of sp³-hybridized carbons (Fsp3) is 0.385. The van der Waals surface area contributed by atoms with E-state index in [1.807, 2.05) is 16.3 Å². The van der Waals surface area contributed by atoms with Gasteiger partial charge >= 0.3 is 0 Å². The normalized spacial score (nSPS) is 14.6. The minimum Gasteiger partial charge on any atom is -0.396 e. The van der Waals surface area contributed by atoms with Crippen molar-refractivity contribution < 1.29 is 4.79 Å². The molecule has 2 aromatic heterocycles. The third-order valence-electron chi connectivity index (χ3n) is 3.32. The summed E-state index contributed by atoms with van der Waals surface area (Å²) in [6, 6.07) is 4.41. The number of nitrogen functional groups attached to an aromatic ring is 1. The monoisotopic (exact) mass is 276 g/mol. The van der Waals surface area contributed by atoms with Crippen LogP contribution in [0.2, 0.25) is 0 Å². The molecule has 100 valence electrons. The van der Waals surface area contributed by atoms with E-state index in [2.05, 4.69) is 11.2 Å². The van der Waals surface area contributed by atoms with Crippen LogP contribution in [0.25, 0.3) is 0 Å². The molecule has 0 radical (unpaired) electrons. The highest BCUT2D eigenvalue weighted by atomic mass is 32.1. The van der Waals surface area contributed by atoms with Crippen LogP contribution in [0.1, 0.15) is 28.2 Å². The SMILES string of the molecule is Cn1ncc(N)c1C(=O)N(Cc1cccs1)C1CC1. The van der Waals surface area contributed by atoms with Crippen molar-refractivity contribution >= 4 is 22.9 Å². The van der Waals surface area contributed by atoms with E-state index in [1.54, 1.807) is 23.1 Å². The molecule has 0 spiro atoms. The zero-order chi connectivity index (χ0) is 13.4. The lowest BCUT2D eigenvalue weighted by molar-refractivity contribution is 0.0721. The van der Waals surface area contributed by atoms with E-state index >= 15 is 0 Å². The van der Waals surface area contributed by atoms with Crippen molar-refractivity contribution in [3.63, 3.8) is 0 Å². The summed E-state index contributed by atoms with van der Waals surface area (Å²) in [5, 5.41) is 6.07. The van der Waals surface area contributed by atoms with Crippen molar-refractivity contribution in [1.82, 2.24) is 14.7 Å². The first-order chi connectivity index (χ1) is 9.16. The van der Waals surface area contributed by atoms with Crippen LogP contribution in [0.5, 0.6) is 0 Å². The standard InChI is InChI=1S/C13H16N4OS/c1-16-12(11(14)7-15-16)13(18)17(9-4-5-9)8-10-3-2-6-19-10/h2-3,6-7,9H,4-5,8,14H2,1H3. The second-order valence-corrected chi connectivity index (χ2v) is 5.85. The van der Waals surface area contributed by atoms with Gasteiger partial charge in [0.15, 0.2) is 0 Å². The van der Waals surface area contributed by atoms with Gasteiger partial charge in [0.2, 0.25) is 0 Å². The number of hydrogen-bond donors (Lipinski definition) is 1. The molecular formula is C13H16N4OS. The zero-order valence-corrected chi connectivity index (χ0v) is 11.6. The molecule has 1 aliphatic carbocycles. The first kappa shape index (κ1) is 12.2. The largest absolute Gasteiger partial charge is 0.396 e. The van der Waals surface area contributed by atoms with Crippen LogP contribution in [0.4, 0.5) is 5.69 Å². The number of anilines is 1. The Hall–Kier alpha value is -1.82. The van der Waals surface area contributed by atoms with Gasteiger partial charge in [0.25, 0.3) is 5.91 Å². The fourth-order valence-electron chi connectivity index (χ4n) is 2.18. The molecule has 3 rings (SSSR count). The van der Waals surface area contributed by atoms with Crippen LogP contribution in [0.3, 0.4) is 0 Å². The number of nitrogens with two attached hydrogens (primary N) is 1. The Morgan fingerprint density at radius 2 is 2.42 bits per heavy atom. The predicted octanol–water partition coefficient (Wildman–Crippen LogP) is 1.87. The lowest BCUT2D eigenvalue weighted by Crippen LogP contribution is -2.34. The first-order valence-corrected chi connectivity index (χ1v) is 7.15. The summed E-state index contributed by atoms with van der Waals surface area (Å²) < 4.78 is 1.56. The van der Waals surface area contributed by atoms with Gasteiger partial charge < -0.3 is 10.6 Å². The lowest BCUT2D eigenvalue weighted by Gasteiger charge is -2.22. The number of aromatic nitrogens is 2. The van der Waals surface area contributed by atoms with Gasteiger partial charge in [-0.2, -0.15) is 5.10 Å². The summed E-state index contributed by atoms with van der Waals surface area (Å²) in [7, 11) is 1.75. The van der Waals surface area contributed by atoms with Crippen LogP contribution in [0.15, 0.2) is 23.7 Å². The van der Waals surface area contributed by atoms with Gasteiger partial charge in [-0.15, -0.1) is 11.3 Å². The molecule has 5 nitrogen and oxygen atoms in total. The van der Waals surface area contributed by atoms with E-state index in [-0.39, 0.29) is 5.91 Å². The summed E-state index contributed by atoms with van der Waals surface area (Å²) >= 11 is 1.67. The Balaban J connectivity index is 1.86. The molecule has 0 bridgehead atoms.